The zero-order valence-corrected chi connectivity index (χ0v) is 11.6. The van der Waals surface area contributed by atoms with Gasteiger partial charge in [-0.3, -0.25) is 0 Å². The Labute approximate surface area is 117 Å². The second-order valence-corrected chi connectivity index (χ2v) is 4.67. The Kier molecular flexibility index (Phi) is 3.33. The van der Waals surface area contributed by atoms with Crippen LogP contribution in [0.4, 0.5) is 5.95 Å². The van der Waals surface area contributed by atoms with Crippen molar-refractivity contribution in [2.75, 3.05) is 12.4 Å². The van der Waals surface area contributed by atoms with E-state index in [9.17, 15) is 0 Å². The molecule has 0 aliphatic heterocycles. The van der Waals surface area contributed by atoms with Crippen LogP contribution < -0.4 is 5.32 Å². The zero-order valence-electron chi connectivity index (χ0n) is 11.6. The molecule has 5 nitrogen and oxygen atoms in total. The smallest absolute Gasteiger partial charge is 0.223 e. The van der Waals surface area contributed by atoms with Crippen LogP contribution in [0.15, 0.2) is 30.6 Å². The molecule has 0 atom stereocenters. The highest BCUT2D eigenvalue weighted by molar-refractivity contribution is 5.92. The fourth-order valence-electron chi connectivity index (χ4n) is 2.30. The van der Waals surface area contributed by atoms with Crippen molar-refractivity contribution in [3.63, 3.8) is 0 Å². The van der Waals surface area contributed by atoms with E-state index in [0.717, 1.165) is 40.8 Å². The lowest BCUT2D eigenvalue weighted by Crippen LogP contribution is -2.01. The molecule has 2 N–H and O–H groups in total. The molecule has 0 aliphatic rings. The standard InChI is InChI=1S/C15H17N5/c1-3-5-10-8-13(20-15(16-2)19-10)12-9-18-14-11(12)6-4-7-17-14/h4,6-9H,3,5H2,1-2H3,(H,17,18)(H,16,19,20). The summed E-state index contributed by atoms with van der Waals surface area (Å²) in [4.78, 5) is 16.5. The first-order valence-corrected chi connectivity index (χ1v) is 6.80. The van der Waals surface area contributed by atoms with E-state index >= 15 is 0 Å². The first kappa shape index (κ1) is 12.6. The second-order valence-electron chi connectivity index (χ2n) is 4.67. The number of H-pyrrole nitrogens is 1. The summed E-state index contributed by atoms with van der Waals surface area (Å²) in [5.74, 6) is 0.657. The number of aromatic amines is 1. The number of fused-ring (bicyclic) bond motifs is 1. The third-order valence-corrected chi connectivity index (χ3v) is 3.24. The molecular weight excluding hydrogens is 250 g/mol. The maximum absolute atomic E-state index is 4.56. The molecule has 0 amide bonds. The molecule has 0 saturated heterocycles. The molecule has 0 fully saturated rings. The maximum atomic E-state index is 4.56. The topological polar surface area (TPSA) is 66.5 Å². The van der Waals surface area contributed by atoms with Crippen molar-refractivity contribution in [3.05, 3.63) is 36.3 Å². The minimum Gasteiger partial charge on any atom is -0.357 e. The van der Waals surface area contributed by atoms with Gasteiger partial charge >= 0.3 is 0 Å². The minimum absolute atomic E-state index is 0.657. The van der Waals surface area contributed by atoms with E-state index in [-0.39, 0.29) is 0 Å². The fraction of sp³-hybridized carbons (Fsp3) is 0.267. The molecule has 3 heterocycles. The van der Waals surface area contributed by atoms with E-state index in [4.69, 9.17) is 0 Å². The van der Waals surface area contributed by atoms with Gasteiger partial charge in [-0.2, -0.15) is 0 Å². The predicted molar refractivity (Wildman–Crippen MR) is 80.7 cm³/mol. The van der Waals surface area contributed by atoms with E-state index < -0.39 is 0 Å². The summed E-state index contributed by atoms with van der Waals surface area (Å²) in [5.41, 5.74) is 3.92. The Morgan fingerprint density at radius 2 is 2.20 bits per heavy atom. The molecular formula is C15H17N5. The van der Waals surface area contributed by atoms with E-state index in [0.29, 0.717) is 5.95 Å². The van der Waals surface area contributed by atoms with E-state index in [1.165, 1.54) is 0 Å². The Hall–Kier alpha value is -2.43. The van der Waals surface area contributed by atoms with Crippen LogP contribution in [0.5, 0.6) is 0 Å². The number of nitrogens with one attached hydrogen (secondary N) is 2. The lowest BCUT2D eigenvalue weighted by atomic mass is 10.1. The van der Waals surface area contributed by atoms with Crippen molar-refractivity contribution in [1.29, 1.82) is 0 Å². The molecule has 0 spiro atoms. The highest BCUT2D eigenvalue weighted by atomic mass is 15.1. The van der Waals surface area contributed by atoms with Crippen LogP contribution in [0.2, 0.25) is 0 Å². The summed E-state index contributed by atoms with van der Waals surface area (Å²) >= 11 is 0. The average Bonchev–Trinajstić information content (AvgIpc) is 2.91. The Morgan fingerprint density at radius 3 is 3.00 bits per heavy atom. The SMILES string of the molecule is CCCc1cc(-c2c[nH]c3ncccc23)nc(NC)n1. The normalized spacial score (nSPS) is 10.9. The van der Waals surface area contributed by atoms with Gasteiger partial charge in [0.2, 0.25) is 5.95 Å². The number of rotatable bonds is 4. The summed E-state index contributed by atoms with van der Waals surface area (Å²) in [5, 5.41) is 4.11. The molecule has 0 unspecified atom stereocenters. The van der Waals surface area contributed by atoms with Crippen LogP contribution in [-0.4, -0.2) is 27.0 Å². The van der Waals surface area contributed by atoms with Crippen LogP contribution in [0.25, 0.3) is 22.3 Å². The van der Waals surface area contributed by atoms with Gasteiger partial charge in [0.15, 0.2) is 0 Å². The fourth-order valence-corrected chi connectivity index (χ4v) is 2.30. The van der Waals surface area contributed by atoms with Crippen molar-refractivity contribution >= 4 is 17.0 Å². The van der Waals surface area contributed by atoms with Crippen molar-refractivity contribution in [2.24, 2.45) is 0 Å². The molecule has 3 rings (SSSR count). The van der Waals surface area contributed by atoms with Crippen molar-refractivity contribution in [3.8, 4) is 11.3 Å². The van der Waals surface area contributed by atoms with Gasteiger partial charge in [-0.05, 0) is 24.6 Å². The molecule has 0 aromatic carbocycles. The lowest BCUT2D eigenvalue weighted by molar-refractivity contribution is 0.875. The molecule has 0 aliphatic carbocycles. The second kappa shape index (κ2) is 5.28. The summed E-state index contributed by atoms with van der Waals surface area (Å²) in [6.07, 6.45) is 5.75. The van der Waals surface area contributed by atoms with Gasteiger partial charge in [0.25, 0.3) is 0 Å². The monoisotopic (exact) mass is 267 g/mol. The van der Waals surface area contributed by atoms with Gasteiger partial charge in [0, 0.05) is 36.1 Å². The molecule has 102 valence electrons. The number of pyridine rings is 1. The molecule has 0 saturated carbocycles. The minimum atomic E-state index is 0.657. The number of aryl methyl sites for hydroxylation is 1. The van der Waals surface area contributed by atoms with Gasteiger partial charge in [0.05, 0.1) is 5.69 Å². The summed E-state index contributed by atoms with van der Waals surface area (Å²) in [6, 6.07) is 6.04. The quantitative estimate of drug-likeness (QED) is 0.762. The Morgan fingerprint density at radius 1 is 1.30 bits per heavy atom. The van der Waals surface area contributed by atoms with Crippen molar-refractivity contribution < 1.29 is 0 Å². The van der Waals surface area contributed by atoms with Gasteiger partial charge in [-0.25, -0.2) is 15.0 Å². The molecule has 5 heteroatoms. The summed E-state index contributed by atoms with van der Waals surface area (Å²) in [6.45, 7) is 2.15. The highest BCUT2D eigenvalue weighted by Gasteiger charge is 2.10. The van der Waals surface area contributed by atoms with Gasteiger partial charge < -0.3 is 10.3 Å². The molecule has 20 heavy (non-hydrogen) atoms. The number of hydrogen-bond donors (Lipinski definition) is 2. The van der Waals surface area contributed by atoms with E-state index in [1.54, 1.807) is 6.20 Å². The third kappa shape index (κ3) is 2.22. The number of hydrogen-bond acceptors (Lipinski definition) is 4. The highest BCUT2D eigenvalue weighted by Crippen LogP contribution is 2.27. The summed E-state index contributed by atoms with van der Waals surface area (Å²) in [7, 11) is 1.84. The van der Waals surface area contributed by atoms with Gasteiger partial charge in [-0.1, -0.05) is 13.3 Å². The van der Waals surface area contributed by atoms with Crippen LogP contribution >= 0.6 is 0 Å². The average molecular weight is 267 g/mol. The van der Waals surface area contributed by atoms with Crippen LogP contribution in [-0.2, 0) is 6.42 Å². The van der Waals surface area contributed by atoms with E-state index in [1.807, 2.05) is 19.3 Å². The largest absolute Gasteiger partial charge is 0.357 e. The summed E-state index contributed by atoms with van der Waals surface area (Å²) < 4.78 is 0. The number of nitrogens with zero attached hydrogens (tertiary/aromatic N) is 3. The van der Waals surface area contributed by atoms with Crippen molar-refractivity contribution in [1.82, 2.24) is 19.9 Å². The zero-order chi connectivity index (χ0) is 13.9. The molecule has 0 radical (unpaired) electrons. The van der Waals surface area contributed by atoms with Crippen molar-refractivity contribution in [2.45, 2.75) is 19.8 Å². The Bertz CT molecular complexity index is 732. The first-order chi connectivity index (χ1) is 9.81. The third-order valence-electron chi connectivity index (χ3n) is 3.24. The molecule has 0 bridgehead atoms. The van der Waals surface area contributed by atoms with E-state index in [2.05, 4.69) is 44.3 Å². The van der Waals surface area contributed by atoms with Gasteiger partial charge in [-0.15, -0.1) is 0 Å². The van der Waals surface area contributed by atoms with Crippen LogP contribution in [0.1, 0.15) is 19.0 Å². The molecule has 3 aromatic rings. The number of aromatic nitrogens is 4. The number of anilines is 1. The molecule has 3 aromatic heterocycles. The van der Waals surface area contributed by atoms with Crippen LogP contribution in [0.3, 0.4) is 0 Å². The first-order valence-electron chi connectivity index (χ1n) is 6.80. The maximum Gasteiger partial charge on any atom is 0.223 e. The van der Waals surface area contributed by atoms with Gasteiger partial charge in [0.1, 0.15) is 5.65 Å². The lowest BCUT2D eigenvalue weighted by Gasteiger charge is -2.06. The predicted octanol–water partition coefficient (Wildman–Crippen LogP) is 3.01. The van der Waals surface area contributed by atoms with Crippen LogP contribution in [0, 0.1) is 0 Å². The Balaban J connectivity index is 2.15.